The van der Waals surface area contributed by atoms with Crippen molar-refractivity contribution in [2.24, 2.45) is 5.92 Å². The zero-order chi connectivity index (χ0) is 32.5. The van der Waals surface area contributed by atoms with Gasteiger partial charge < -0.3 is 19.1 Å². The molecule has 0 N–H and O–H groups in total. The summed E-state index contributed by atoms with van der Waals surface area (Å²) in [4.78, 5) is 64.2. The van der Waals surface area contributed by atoms with Crippen LogP contribution in [0.2, 0.25) is 0 Å². The summed E-state index contributed by atoms with van der Waals surface area (Å²) >= 11 is 0. The predicted octanol–water partition coefficient (Wildman–Crippen LogP) is 4.57. The topological polar surface area (TPSA) is 172 Å². The molecule has 0 aliphatic carbocycles. The number of nitrogens with zero attached hydrogens (tertiary/aromatic N) is 4. The highest BCUT2D eigenvalue weighted by molar-refractivity contribution is 5.87. The van der Waals surface area contributed by atoms with Crippen molar-refractivity contribution in [2.45, 2.75) is 44.8 Å². The Bertz CT molecular complexity index is 1380. The summed E-state index contributed by atoms with van der Waals surface area (Å²) in [7, 11) is 0. The van der Waals surface area contributed by atoms with Gasteiger partial charge in [0.2, 0.25) is 0 Å². The Morgan fingerprint density at radius 3 is 1.93 bits per heavy atom. The molecular formula is C31H36N4O10. The smallest absolute Gasteiger partial charge is 0.410 e. The van der Waals surface area contributed by atoms with E-state index in [4.69, 9.17) is 14.2 Å². The van der Waals surface area contributed by atoms with Gasteiger partial charge in [0.05, 0.1) is 26.9 Å². The molecule has 2 fully saturated rings. The van der Waals surface area contributed by atoms with E-state index < -0.39 is 46.0 Å². The lowest BCUT2D eigenvalue weighted by atomic mass is 9.97. The first-order valence-electron chi connectivity index (χ1n) is 14.7. The number of hydrogen-bond acceptors (Lipinski definition) is 11. The van der Waals surface area contributed by atoms with Crippen LogP contribution in [-0.2, 0) is 23.8 Å². The Labute approximate surface area is 259 Å². The fraction of sp³-hybridized carbons (Fsp3) is 0.452. The van der Waals surface area contributed by atoms with Crippen LogP contribution < -0.4 is 0 Å². The van der Waals surface area contributed by atoms with Crippen LogP contribution in [0.15, 0.2) is 60.7 Å². The van der Waals surface area contributed by atoms with E-state index in [9.17, 15) is 34.6 Å². The van der Waals surface area contributed by atoms with Crippen LogP contribution in [0.3, 0.4) is 0 Å². The van der Waals surface area contributed by atoms with Gasteiger partial charge in [-0.05, 0) is 57.8 Å². The molecule has 1 unspecified atom stereocenters. The number of ether oxygens (including phenoxy) is 3. The quantitative estimate of drug-likeness (QED) is 0.106. The van der Waals surface area contributed by atoms with E-state index in [0.717, 1.165) is 25.9 Å². The van der Waals surface area contributed by atoms with E-state index in [1.165, 1.54) is 60.4 Å². The lowest BCUT2D eigenvalue weighted by Gasteiger charge is -2.32. The summed E-state index contributed by atoms with van der Waals surface area (Å²) in [5.74, 6) is -1.55. The van der Waals surface area contributed by atoms with Crippen LogP contribution >= 0.6 is 0 Å². The minimum atomic E-state index is -1.43. The van der Waals surface area contributed by atoms with Crippen molar-refractivity contribution in [1.82, 2.24) is 9.80 Å². The van der Waals surface area contributed by atoms with Crippen molar-refractivity contribution in [3.8, 4) is 0 Å². The number of carbonyl (C=O) groups is 3. The number of para-hydroxylation sites is 2. The van der Waals surface area contributed by atoms with E-state index in [-0.39, 0.29) is 60.6 Å². The molecule has 240 valence electrons. The van der Waals surface area contributed by atoms with Gasteiger partial charge in [-0.15, -0.1) is 0 Å². The SMILES string of the molecule is C=C(C)C(=O)OCC(CN1CCCC1)OC(=O)C1CCN(C(=O)OC(c2ccccc2[N+](=O)[O-])c2ccccc2[N+](=O)[O-])CC1. The molecular weight excluding hydrogens is 588 g/mol. The minimum absolute atomic E-state index is 0.0139. The van der Waals surface area contributed by atoms with Gasteiger partial charge in [0.1, 0.15) is 12.7 Å². The summed E-state index contributed by atoms with van der Waals surface area (Å²) in [6.45, 7) is 7.42. The fourth-order valence-corrected chi connectivity index (χ4v) is 5.45. The molecule has 45 heavy (non-hydrogen) atoms. The van der Waals surface area contributed by atoms with E-state index in [1.807, 2.05) is 0 Å². The number of rotatable bonds is 12. The second-order valence-electron chi connectivity index (χ2n) is 11.1. The zero-order valence-corrected chi connectivity index (χ0v) is 25.0. The number of benzene rings is 2. The molecule has 1 atom stereocenters. The van der Waals surface area contributed by atoms with Crippen LogP contribution in [0, 0.1) is 26.1 Å². The molecule has 0 radical (unpaired) electrons. The summed E-state index contributed by atoms with van der Waals surface area (Å²) in [6.07, 6.45) is -0.326. The highest BCUT2D eigenvalue weighted by Gasteiger charge is 2.36. The van der Waals surface area contributed by atoms with E-state index in [1.54, 1.807) is 0 Å². The molecule has 0 bridgehead atoms. The van der Waals surface area contributed by atoms with Gasteiger partial charge >= 0.3 is 18.0 Å². The Morgan fingerprint density at radius 1 is 0.889 bits per heavy atom. The van der Waals surface area contributed by atoms with E-state index >= 15 is 0 Å². The number of likely N-dealkylation sites (tertiary alicyclic amines) is 2. The molecule has 2 aliphatic rings. The van der Waals surface area contributed by atoms with Crippen LogP contribution in [0.5, 0.6) is 0 Å². The van der Waals surface area contributed by atoms with Gasteiger partial charge in [0, 0.05) is 37.3 Å². The third kappa shape index (κ3) is 8.62. The van der Waals surface area contributed by atoms with Gasteiger partial charge in [0.15, 0.2) is 6.10 Å². The van der Waals surface area contributed by atoms with Gasteiger partial charge in [-0.3, -0.25) is 29.9 Å². The molecule has 4 rings (SSSR count). The lowest BCUT2D eigenvalue weighted by molar-refractivity contribution is -0.387. The van der Waals surface area contributed by atoms with Crippen molar-refractivity contribution < 1.29 is 38.4 Å². The number of amides is 1. The number of esters is 2. The van der Waals surface area contributed by atoms with E-state index in [0.29, 0.717) is 6.54 Å². The molecule has 2 saturated heterocycles. The molecule has 2 aliphatic heterocycles. The predicted molar refractivity (Wildman–Crippen MR) is 160 cm³/mol. The van der Waals surface area contributed by atoms with Crippen LogP contribution in [0.1, 0.15) is 49.8 Å². The van der Waals surface area contributed by atoms with Gasteiger partial charge in [0.25, 0.3) is 11.4 Å². The first-order chi connectivity index (χ1) is 21.5. The van der Waals surface area contributed by atoms with Crippen molar-refractivity contribution >= 4 is 29.4 Å². The maximum atomic E-state index is 13.4. The number of nitro benzene ring substituents is 2. The molecule has 0 spiro atoms. The van der Waals surface area contributed by atoms with Crippen LogP contribution in [-0.4, -0.2) is 83.1 Å². The zero-order valence-electron chi connectivity index (χ0n) is 25.0. The third-order valence-electron chi connectivity index (χ3n) is 7.83. The molecule has 0 saturated carbocycles. The Morgan fingerprint density at radius 2 is 1.42 bits per heavy atom. The van der Waals surface area contributed by atoms with Crippen molar-refractivity contribution in [3.63, 3.8) is 0 Å². The standard InChI is InChI=1S/C31H36N4O10/c1-21(2)29(36)43-20-23(19-32-15-7-8-16-32)44-30(37)22-13-17-33(18-14-22)31(38)45-28(24-9-3-5-11-26(24)34(39)40)25-10-4-6-12-27(25)35(41)42/h3-6,9-12,22-23,28H,1,7-8,13-20H2,2H3. The van der Waals surface area contributed by atoms with Gasteiger partial charge in [-0.1, -0.05) is 30.8 Å². The average molecular weight is 625 g/mol. The summed E-state index contributed by atoms with van der Waals surface area (Å²) in [5.41, 5.74) is -0.494. The normalized spacial score (nSPS) is 16.2. The third-order valence-corrected chi connectivity index (χ3v) is 7.83. The molecule has 0 aromatic heterocycles. The lowest BCUT2D eigenvalue weighted by Crippen LogP contribution is -2.43. The molecule has 2 aromatic carbocycles. The average Bonchev–Trinajstić information content (AvgIpc) is 3.55. The number of nitro groups is 2. The maximum Gasteiger partial charge on any atom is 0.410 e. The second-order valence-corrected chi connectivity index (χ2v) is 11.1. The maximum absolute atomic E-state index is 13.4. The Balaban J connectivity index is 1.43. The van der Waals surface area contributed by atoms with E-state index in [2.05, 4.69) is 11.5 Å². The van der Waals surface area contributed by atoms with Crippen molar-refractivity contribution in [1.29, 1.82) is 0 Å². The highest BCUT2D eigenvalue weighted by atomic mass is 16.6. The van der Waals surface area contributed by atoms with Crippen molar-refractivity contribution in [2.75, 3.05) is 39.3 Å². The summed E-state index contributed by atoms with van der Waals surface area (Å²) in [6, 6.07) is 11.2. The Hall–Kier alpha value is -4.85. The van der Waals surface area contributed by atoms with Gasteiger partial charge in [-0.25, -0.2) is 9.59 Å². The van der Waals surface area contributed by atoms with Crippen LogP contribution in [0.4, 0.5) is 16.2 Å². The molecule has 14 nitrogen and oxygen atoms in total. The van der Waals surface area contributed by atoms with Crippen LogP contribution in [0.25, 0.3) is 0 Å². The summed E-state index contributed by atoms with van der Waals surface area (Å²) < 4.78 is 16.8. The molecule has 1 amide bonds. The van der Waals surface area contributed by atoms with Gasteiger partial charge in [-0.2, -0.15) is 0 Å². The monoisotopic (exact) mass is 624 g/mol. The largest absolute Gasteiger partial charge is 0.458 e. The minimum Gasteiger partial charge on any atom is -0.458 e. The second kappa shape index (κ2) is 15.2. The Kier molecular flexibility index (Phi) is 11.2. The summed E-state index contributed by atoms with van der Waals surface area (Å²) in [5, 5.41) is 23.6. The number of piperidine rings is 1. The fourth-order valence-electron chi connectivity index (χ4n) is 5.45. The molecule has 2 aromatic rings. The highest BCUT2D eigenvalue weighted by Crippen LogP contribution is 2.37. The first-order valence-corrected chi connectivity index (χ1v) is 14.7. The first kappa shape index (κ1) is 33.1. The van der Waals surface area contributed by atoms with Crippen molar-refractivity contribution in [3.05, 3.63) is 92.0 Å². The molecule has 14 heteroatoms. The molecule has 2 heterocycles. The number of hydrogen-bond donors (Lipinski definition) is 0. The number of carbonyl (C=O) groups excluding carboxylic acids is 3.